The van der Waals surface area contributed by atoms with Crippen molar-refractivity contribution < 1.29 is 15.0 Å². The Bertz CT molecular complexity index is 627. The Morgan fingerprint density at radius 2 is 1.81 bits per heavy atom. The van der Waals surface area contributed by atoms with Crippen molar-refractivity contribution in [3.63, 3.8) is 0 Å². The molecule has 0 spiro atoms. The molecule has 0 heterocycles. The molecular weight excluding hydrogens is 336 g/mol. The van der Waals surface area contributed by atoms with Crippen LogP contribution in [0.2, 0.25) is 0 Å². The van der Waals surface area contributed by atoms with Gasteiger partial charge >= 0.3 is 0 Å². The first kappa shape index (κ1) is 19.6. The molecule has 0 bridgehead atoms. The van der Waals surface area contributed by atoms with Gasteiger partial charge in [-0.3, -0.25) is 4.79 Å². The molecule has 3 heteroatoms. The molecule has 0 unspecified atom stereocenters. The summed E-state index contributed by atoms with van der Waals surface area (Å²) in [5.41, 5.74) is 0.479. The Morgan fingerprint density at radius 1 is 1.04 bits per heavy atom. The molecule has 8 atom stereocenters. The van der Waals surface area contributed by atoms with Crippen LogP contribution < -0.4 is 0 Å². The van der Waals surface area contributed by atoms with Crippen molar-refractivity contribution in [1.82, 2.24) is 0 Å². The Morgan fingerprint density at radius 3 is 2.52 bits per heavy atom. The van der Waals surface area contributed by atoms with E-state index in [2.05, 4.69) is 19.9 Å². The SMILES string of the molecule is CC/C(C=O)=C\[C@H]1CC[C@]2(O)[C@@H]3CC[C@@H]4C[C@@H](O)CC[C@]4(C)[C@H]3CC[C@]12C. The standard InChI is InChI=1S/C24H38O3/c1-4-16(15-25)13-18-7-12-24(27)21-6-5-17-14-19(26)8-10-22(17,2)20(21)9-11-23(18,24)3/h13,15,17-21,26-27H,4-12,14H2,1-3H3/b16-13+/t17-,18-,19+,20+,21-,22+,23-,24+/m1/s1. The summed E-state index contributed by atoms with van der Waals surface area (Å²) < 4.78 is 0. The second-order valence-corrected chi connectivity index (χ2v) is 10.7. The molecule has 4 fully saturated rings. The van der Waals surface area contributed by atoms with Crippen LogP contribution in [0.15, 0.2) is 11.6 Å². The Balaban J connectivity index is 1.64. The Hall–Kier alpha value is -0.670. The first-order valence-electron chi connectivity index (χ1n) is 11.3. The topological polar surface area (TPSA) is 57.5 Å². The lowest BCUT2D eigenvalue weighted by Crippen LogP contribution is -2.62. The van der Waals surface area contributed by atoms with Crippen molar-refractivity contribution in [3.8, 4) is 0 Å². The maximum absolute atomic E-state index is 12.1. The maximum Gasteiger partial charge on any atom is 0.145 e. The first-order valence-corrected chi connectivity index (χ1v) is 11.3. The molecule has 0 aliphatic heterocycles. The summed E-state index contributed by atoms with van der Waals surface area (Å²) in [5, 5.41) is 22.3. The molecule has 0 aromatic carbocycles. The molecule has 4 aliphatic carbocycles. The average molecular weight is 375 g/mol. The largest absolute Gasteiger partial charge is 0.393 e. The van der Waals surface area contributed by atoms with Crippen molar-refractivity contribution in [3.05, 3.63) is 11.6 Å². The van der Waals surface area contributed by atoms with E-state index in [0.29, 0.717) is 23.7 Å². The number of aliphatic hydroxyl groups excluding tert-OH is 1. The highest BCUT2D eigenvalue weighted by atomic mass is 16.3. The smallest absolute Gasteiger partial charge is 0.145 e. The van der Waals surface area contributed by atoms with Crippen LogP contribution in [0, 0.1) is 34.5 Å². The third kappa shape index (κ3) is 2.71. The second kappa shape index (κ2) is 6.69. The molecule has 4 aliphatic rings. The molecule has 3 nitrogen and oxygen atoms in total. The van der Waals surface area contributed by atoms with Crippen LogP contribution in [0.25, 0.3) is 0 Å². The lowest BCUT2D eigenvalue weighted by atomic mass is 9.43. The van der Waals surface area contributed by atoms with Crippen LogP contribution in [0.3, 0.4) is 0 Å². The molecule has 0 amide bonds. The van der Waals surface area contributed by atoms with Crippen molar-refractivity contribution in [1.29, 1.82) is 0 Å². The van der Waals surface area contributed by atoms with Crippen LogP contribution in [0.5, 0.6) is 0 Å². The van der Waals surface area contributed by atoms with Crippen molar-refractivity contribution >= 4 is 6.29 Å². The molecule has 4 rings (SSSR count). The van der Waals surface area contributed by atoms with Gasteiger partial charge in [0.05, 0.1) is 11.7 Å². The summed E-state index contributed by atoms with van der Waals surface area (Å²) in [6.45, 7) is 6.80. The zero-order chi connectivity index (χ0) is 19.4. The van der Waals surface area contributed by atoms with E-state index in [0.717, 1.165) is 69.6 Å². The van der Waals surface area contributed by atoms with E-state index in [9.17, 15) is 15.0 Å². The normalized spacial score (nSPS) is 52.6. The summed E-state index contributed by atoms with van der Waals surface area (Å²) in [4.78, 5) is 11.4. The lowest BCUT2D eigenvalue weighted by molar-refractivity contribution is -0.207. The number of carbonyl (C=O) groups is 1. The zero-order valence-electron chi connectivity index (χ0n) is 17.4. The van der Waals surface area contributed by atoms with Gasteiger partial charge in [-0.15, -0.1) is 0 Å². The summed E-state index contributed by atoms with van der Waals surface area (Å²) in [6, 6.07) is 0. The van der Waals surface area contributed by atoms with Crippen LogP contribution in [0.4, 0.5) is 0 Å². The summed E-state index contributed by atoms with van der Waals surface area (Å²) in [6.07, 6.45) is 13.3. The van der Waals surface area contributed by atoms with E-state index in [1.54, 1.807) is 0 Å². The minimum atomic E-state index is -0.594. The van der Waals surface area contributed by atoms with Gasteiger partial charge in [0.1, 0.15) is 6.29 Å². The fourth-order valence-corrected chi connectivity index (χ4v) is 8.01. The van der Waals surface area contributed by atoms with Crippen molar-refractivity contribution in [2.24, 2.45) is 34.5 Å². The van der Waals surface area contributed by atoms with Gasteiger partial charge < -0.3 is 10.2 Å². The van der Waals surface area contributed by atoms with E-state index < -0.39 is 5.60 Å². The predicted molar refractivity (Wildman–Crippen MR) is 107 cm³/mol. The predicted octanol–water partition coefficient (Wildman–Crippen LogP) is 4.66. The van der Waals surface area contributed by atoms with E-state index in [1.165, 1.54) is 6.42 Å². The van der Waals surface area contributed by atoms with Gasteiger partial charge in [0.2, 0.25) is 0 Å². The third-order valence-electron chi connectivity index (χ3n) is 9.87. The molecule has 2 N–H and O–H groups in total. The first-order chi connectivity index (χ1) is 12.8. The van der Waals surface area contributed by atoms with Gasteiger partial charge in [0.15, 0.2) is 0 Å². The fraction of sp³-hybridized carbons (Fsp3) is 0.875. The molecule has 152 valence electrons. The fourth-order valence-electron chi connectivity index (χ4n) is 8.01. The molecule has 0 aromatic heterocycles. The highest BCUT2D eigenvalue weighted by Gasteiger charge is 2.66. The minimum absolute atomic E-state index is 0.102. The number of hydrogen-bond acceptors (Lipinski definition) is 3. The van der Waals surface area contributed by atoms with Crippen LogP contribution >= 0.6 is 0 Å². The number of carbonyl (C=O) groups excluding carboxylic acids is 1. The molecule has 0 radical (unpaired) electrons. The molecule has 0 saturated heterocycles. The number of aldehydes is 1. The van der Waals surface area contributed by atoms with Gasteiger partial charge in [-0.2, -0.15) is 0 Å². The van der Waals surface area contributed by atoms with Crippen LogP contribution in [-0.4, -0.2) is 28.2 Å². The van der Waals surface area contributed by atoms with Gasteiger partial charge in [-0.05, 0) is 98.9 Å². The lowest BCUT2D eigenvalue weighted by Gasteiger charge is -2.63. The van der Waals surface area contributed by atoms with E-state index in [-0.39, 0.29) is 16.9 Å². The molecule has 4 saturated carbocycles. The maximum atomic E-state index is 12.1. The van der Waals surface area contributed by atoms with Gasteiger partial charge in [-0.25, -0.2) is 0 Å². The average Bonchev–Trinajstić information content (AvgIpc) is 2.91. The summed E-state index contributed by atoms with van der Waals surface area (Å²) >= 11 is 0. The zero-order valence-corrected chi connectivity index (χ0v) is 17.4. The van der Waals surface area contributed by atoms with E-state index in [4.69, 9.17) is 0 Å². The Kier molecular flexibility index (Phi) is 4.87. The monoisotopic (exact) mass is 374 g/mol. The second-order valence-electron chi connectivity index (χ2n) is 10.7. The van der Waals surface area contributed by atoms with Gasteiger partial charge in [0, 0.05) is 5.41 Å². The number of fused-ring (bicyclic) bond motifs is 5. The number of hydrogen-bond donors (Lipinski definition) is 2. The number of allylic oxidation sites excluding steroid dienone is 2. The van der Waals surface area contributed by atoms with Gasteiger partial charge in [0.25, 0.3) is 0 Å². The van der Waals surface area contributed by atoms with E-state index >= 15 is 0 Å². The molecule has 0 aromatic rings. The minimum Gasteiger partial charge on any atom is -0.393 e. The van der Waals surface area contributed by atoms with Crippen molar-refractivity contribution in [2.45, 2.75) is 96.7 Å². The highest BCUT2D eigenvalue weighted by molar-refractivity contribution is 5.73. The number of aliphatic hydroxyl groups is 2. The summed E-state index contributed by atoms with van der Waals surface area (Å²) in [7, 11) is 0. The van der Waals surface area contributed by atoms with Crippen LogP contribution in [0.1, 0.15) is 85.0 Å². The molecule has 27 heavy (non-hydrogen) atoms. The van der Waals surface area contributed by atoms with Crippen LogP contribution in [-0.2, 0) is 4.79 Å². The third-order valence-corrected chi connectivity index (χ3v) is 9.87. The Labute approximate surface area is 164 Å². The highest BCUT2D eigenvalue weighted by Crippen LogP contribution is 2.69. The molecular formula is C24H38O3. The summed E-state index contributed by atoms with van der Waals surface area (Å²) in [5.74, 6) is 1.91. The quantitative estimate of drug-likeness (QED) is 0.558. The van der Waals surface area contributed by atoms with Crippen molar-refractivity contribution in [2.75, 3.05) is 0 Å². The van der Waals surface area contributed by atoms with Gasteiger partial charge in [-0.1, -0.05) is 26.8 Å². The van der Waals surface area contributed by atoms with E-state index in [1.807, 2.05) is 6.92 Å². The number of rotatable bonds is 3.